The minimum Gasteiger partial charge on any atom is -0.361 e. The maximum absolute atomic E-state index is 12.8. The van der Waals surface area contributed by atoms with Crippen molar-refractivity contribution in [3.8, 4) is 0 Å². The molecule has 2 fully saturated rings. The Morgan fingerprint density at radius 2 is 1.92 bits per heavy atom. The summed E-state index contributed by atoms with van der Waals surface area (Å²) in [5, 5.41) is 4.78. The Balaban J connectivity index is 0.00000182. The molecule has 2 aromatic rings. The fourth-order valence-corrected chi connectivity index (χ4v) is 4.46. The molecule has 136 valence electrons. The number of H-pyrrole nitrogens is 1. The van der Waals surface area contributed by atoms with Gasteiger partial charge in [0.25, 0.3) is 0 Å². The Labute approximate surface area is 155 Å². The first-order valence-corrected chi connectivity index (χ1v) is 9.30. The molecule has 2 N–H and O–H groups in total. The highest BCUT2D eigenvalue weighted by Gasteiger charge is 2.31. The maximum atomic E-state index is 12.8. The molecule has 0 bridgehead atoms. The van der Waals surface area contributed by atoms with E-state index in [9.17, 15) is 4.79 Å². The number of hydrogen-bond donors (Lipinski definition) is 2. The van der Waals surface area contributed by atoms with Crippen LogP contribution in [-0.2, 0) is 4.79 Å². The first-order valence-electron chi connectivity index (χ1n) is 9.30. The first kappa shape index (κ1) is 18.3. The van der Waals surface area contributed by atoms with Crippen molar-refractivity contribution in [3.63, 3.8) is 0 Å². The van der Waals surface area contributed by atoms with Crippen molar-refractivity contribution >= 4 is 29.2 Å². The normalized spacial score (nSPS) is 24.9. The number of benzene rings is 1. The monoisotopic (exact) mass is 361 g/mol. The van der Waals surface area contributed by atoms with Crippen LogP contribution >= 0.6 is 12.4 Å². The number of carbonyl (C=O) groups excluding carboxylic acids is 1. The van der Waals surface area contributed by atoms with E-state index in [0.717, 1.165) is 45.3 Å². The van der Waals surface area contributed by atoms with Gasteiger partial charge >= 0.3 is 0 Å². The summed E-state index contributed by atoms with van der Waals surface area (Å²) in [6, 6.07) is 8.99. The minimum atomic E-state index is 0. The smallest absolute Gasteiger partial charge is 0.225 e. The van der Waals surface area contributed by atoms with Crippen LogP contribution in [0, 0.1) is 5.92 Å². The van der Waals surface area contributed by atoms with Crippen LogP contribution in [-0.4, -0.2) is 41.5 Å². The van der Waals surface area contributed by atoms with E-state index in [4.69, 9.17) is 0 Å². The van der Waals surface area contributed by atoms with Crippen molar-refractivity contribution in [2.24, 2.45) is 5.92 Å². The summed E-state index contributed by atoms with van der Waals surface area (Å²) in [5.74, 6) is 1.18. The molecule has 3 heterocycles. The van der Waals surface area contributed by atoms with Gasteiger partial charge in [0, 0.05) is 42.1 Å². The zero-order valence-electron chi connectivity index (χ0n) is 14.8. The molecule has 0 saturated carbocycles. The number of carbonyl (C=O) groups is 1. The molecule has 0 radical (unpaired) electrons. The van der Waals surface area contributed by atoms with Crippen molar-refractivity contribution in [1.82, 2.24) is 15.2 Å². The predicted molar refractivity (Wildman–Crippen MR) is 104 cm³/mol. The molecule has 0 spiro atoms. The number of piperidine rings is 2. The molecule has 4 nitrogen and oxygen atoms in total. The highest BCUT2D eigenvalue weighted by Crippen LogP contribution is 2.33. The van der Waals surface area contributed by atoms with Crippen molar-refractivity contribution in [2.45, 2.75) is 44.6 Å². The summed E-state index contributed by atoms with van der Waals surface area (Å²) in [5.41, 5.74) is 2.64. The third-order valence-corrected chi connectivity index (χ3v) is 5.84. The highest BCUT2D eigenvalue weighted by atomic mass is 35.5. The summed E-state index contributed by atoms with van der Waals surface area (Å²) in [4.78, 5) is 18.3. The molecular weight excluding hydrogens is 334 g/mol. The van der Waals surface area contributed by atoms with Crippen molar-refractivity contribution in [1.29, 1.82) is 0 Å². The van der Waals surface area contributed by atoms with E-state index in [-0.39, 0.29) is 18.3 Å². The highest BCUT2D eigenvalue weighted by molar-refractivity contribution is 5.85. The van der Waals surface area contributed by atoms with Crippen LogP contribution in [0.25, 0.3) is 10.9 Å². The van der Waals surface area contributed by atoms with Gasteiger partial charge in [0.2, 0.25) is 5.91 Å². The molecule has 1 amide bonds. The number of hydrogen-bond acceptors (Lipinski definition) is 2. The SMILES string of the molecule is C[C@H]1C[C@@H](C(=O)N2CCC(c3c[nH]c4ccccc34)CC2)CCN1.Cl. The molecule has 1 aromatic heterocycles. The van der Waals surface area contributed by atoms with E-state index in [0.29, 0.717) is 17.9 Å². The average molecular weight is 362 g/mol. The number of para-hydroxylation sites is 1. The fraction of sp³-hybridized carbons (Fsp3) is 0.550. The number of aromatic nitrogens is 1. The zero-order chi connectivity index (χ0) is 16.5. The quantitative estimate of drug-likeness (QED) is 0.857. The van der Waals surface area contributed by atoms with Gasteiger partial charge in [-0.05, 0) is 56.7 Å². The van der Waals surface area contributed by atoms with E-state index in [1.807, 2.05) is 0 Å². The van der Waals surface area contributed by atoms with E-state index in [1.54, 1.807) is 0 Å². The minimum absolute atomic E-state index is 0. The van der Waals surface area contributed by atoms with Crippen molar-refractivity contribution in [2.75, 3.05) is 19.6 Å². The van der Waals surface area contributed by atoms with Gasteiger partial charge in [-0.3, -0.25) is 4.79 Å². The summed E-state index contributed by atoms with van der Waals surface area (Å²) in [7, 11) is 0. The molecule has 25 heavy (non-hydrogen) atoms. The topological polar surface area (TPSA) is 48.1 Å². The maximum Gasteiger partial charge on any atom is 0.225 e. The van der Waals surface area contributed by atoms with Crippen molar-refractivity contribution < 1.29 is 4.79 Å². The van der Waals surface area contributed by atoms with Crippen LogP contribution in [0.4, 0.5) is 0 Å². The van der Waals surface area contributed by atoms with Gasteiger partial charge in [0.15, 0.2) is 0 Å². The van der Waals surface area contributed by atoms with Crippen LogP contribution in [0.2, 0.25) is 0 Å². The molecule has 2 atom stereocenters. The molecule has 2 saturated heterocycles. The standard InChI is InChI=1S/C20H27N3O.ClH/c1-14-12-16(6-9-21-14)20(24)23-10-7-15(8-11-23)18-13-22-19-5-3-2-4-17(18)19;/h2-5,13-16,21-22H,6-12H2,1H3;1H/t14-,16-;/m0./s1. The Kier molecular flexibility index (Phi) is 5.70. The number of nitrogens with zero attached hydrogens (tertiary/aromatic N) is 1. The number of fused-ring (bicyclic) bond motifs is 1. The average Bonchev–Trinajstić information content (AvgIpc) is 3.05. The predicted octanol–water partition coefficient (Wildman–Crippen LogP) is 3.68. The van der Waals surface area contributed by atoms with Gasteiger partial charge in [-0.2, -0.15) is 0 Å². The second kappa shape index (κ2) is 7.79. The van der Waals surface area contributed by atoms with Gasteiger partial charge in [0.1, 0.15) is 0 Å². The van der Waals surface area contributed by atoms with Crippen LogP contribution in [0.15, 0.2) is 30.5 Å². The zero-order valence-corrected chi connectivity index (χ0v) is 15.6. The molecule has 2 aliphatic heterocycles. The lowest BCUT2D eigenvalue weighted by Crippen LogP contribution is -2.46. The Hall–Kier alpha value is -1.52. The molecule has 2 aliphatic rings. The summed E-state index contributed by atoms with van der Waals surface area (Å²) in [6.07, 6.45) is 6.30. The lowest BCUT2D eigenvalue weighted by atomic mass is 9.87. The van der Waals surface area contributed by atoms with E-state index in [2.05, 4.69) is 52.6 Å². The third kappa shape index (κ3) is 3.70. The lowest BCUT2D eigenvalue weighted by molar-refractivity contribution is -0.137. The van der Waals surface area contributed by atoms with E-state index < -0.39 is 0 Å². The third-order valence-electron chi connectivity index (χ3n) is 5.84. The molecule has 0 unspecified atom stereocenters. The molecule has 0 aliphatic carbocycles. The van der Waals surface area contributed by atoms with Gasteiger partial charge in [0.05, 0.1) is 0 Å². The second-order valence-electron chi connectivity index (χ2n) is 7.47. The first-order chi connectivity index (χ1) is 11.7. The van der Waals surface area contributed by atoms with Crippen LogP contribution in [0.1, 0.15) is 44.1 Å². The largest absolute Gasteiger partial charge is 0.361 e. The number of halogens is 1. The summed E-state index contributed by atoms with van der Waals surface area (Å²) >= 11 is 0. The Morgan fingerprint density at radius 1 is 1.16 bits per heavy atom. The fourth-order valence-electron chi connectivity index (χ4n) is 4.46. The van der Waals surface area contributed by atoms with Gasteiger partial charge in [-0.1, -0.05) is 18.2 Å². The second-order valence-corrected chi connectivity index (χ2v) is 7.47. The summed E-state index contributed by atoms with van der Waals surface area (Å²) in [6.45, 7) is 4.97. The van der Waals surface area contributed by atoms with Crippen LogP contribution in [0.3, 0.4) is 0 Å². The van der Waals surface area contributed by atoms with Gasteiger partial charge in [-0.15, -0.1) is 12.4 Å². The number of amides is 1. The number of nitrogens with one attached hydrogen (secondary N) is 2. The number of aromatic amines is 1. The lowest BCUT2D eigenvalue weighted by Gasteiger charge is -2.36. The van der Waals surface area contributed by atoms with E-state index in [1.165, 1.54) is 16.5 Å². The van der Waals surface area contributed by atoms with Crippen LogP contribution < -0.4 is 5.32 Å². The molecule has 1 aromatic carbocycles. The van der Waals surface area contributed by atoms with E-state index >= 15 is 0 Å². The number of likely N-dealkylation sites (tertiary alicyclic amines) is 1. The van der Waals surface area contributed by atoms with Gasteiger partial charge < -0.3 is 15.2 Å². The molecule has 5 heteroatoms. The van der Waals surface area contributed by atoms with Crippen molar-refractivity contribution in [3.05, 3.63) is 36.0 Å². The summed E-state index contributed by atoms with van der Waals surface area (Å²) < 4.78 is 0. The van der Waals surface area contributed by atoms with Crippen LogP contribution in [0.5, 0.6) is 0 Å². The Morgan fingerprint density at radius 3 is 2.68 bits per heavy atom. The molecular formula is C20H28ClN3O. The molecule has 4 rings (SSSR count). The Bertz CT molecular complexity index is 721. The number of rotatable bonds is 2. The van der Waals surface area contributed by atoms with Gasteiger partial charge in [-0.25, -0.2) is 0 Å².